The van der Waals surface area contributed by atoms with Gasteiger partial charge in [-0.2, -0.15) is 0 Å². The topological polar surface area (TPSA) is 43.1 Å². The van der Waals surface area contributed by atoms with E-state index in [-0.39, 0.29) is 0 Å². The second-order valence-electron chi connectivity index (χ2n) is 5.37. The van der Waals surface area contributed by atoms with Crippen LogP contribution in [0.15, 0.2) is 52.4 Å². The van der Waals surface area contributed by atoms with Gasteiger partial charge in [0.05, 0.1) is 11.4 Å². The van der Waals surface area contributed by atoms with E-state index in [2.05, 4.69) is 27.4 Å². The zero-order chi connectivity index (χ0) is 16.0. The van der Waals surface area contributed by atoms with Gasteiger partial charge in [-0.05, 0) is 37.3 Å². The molecule has 2 heterocycles. The second-order valence-corrected chi connectivity index (χ2v) is 6.32. The summed E-state index contributed by atoms with van der Waals surface area (Å²) in [5.41, 5.74) is 3.97. The molecular formula is C17H13ClN4S. The predicted molar refractivity (Wildman–Crippen MR) is 94.1 cm³/mol. The first-order chi connectivity index (χ1) is 11.1. The molecule has 1 aromatic heterocycles. The highest BCUT2D eigenvalue weighted by atomic mass is 35.5. The number of benzene rings is 2. The van der Waals surface area contributed by atoms with E-state index in [9.17, 15) is 0 Å². The van der Waals surface area contributed by atoms with Crippen LogP contribution in [0.2, 0.25) is 5.02 Å². The van der Waals surface area contributed by atoms with Gasteiger partial charge in [-0.15, -0.1) is 22.8 Å². The minimum atomic E-state index is 0.482. The molecule has 2 aromatic carbocycles. The quantitative estimate of drug-likeness (QED) is 0.683. The summed E-state index contributed by atoms with van der Waals surface area (Å²) in [6.45, 7) is 2.43. The van der Waals surface area contributed by atoms with Crippen molar-refractivity contribution < 1.29 is 0 Å². The molecular weight excluding hydrogens is 328 g/mol. The van der Waals surface area contributed by atoms with E-state index in [0.29, 0.717) is 11.6 Å². The van der Waals surface area contributed by atoms with Crippen molar-refractivity contribution in [2.75, 3.05) is 0 Å². The molecule has 0 atom stereocenters. The summed E-state index contributed by atoms with van der Waals surface area (Å²) in [6.07, 6.45) is 0. The smallest absolute Gasteiger partial charge is 0.159 e. The van der Waals surface area contributed by atoms with Crippen molar-refractivity contribution >= 4 is 29.9 Å². The van der Waals surface area contributed by atoms with Gasteiger partial charge in [-0.25, -0.2) is 0 Å². The third-order valence-electron chi connectivity index (χ3n) is 3.86. The molecule has 1 aliphatic rings. The van der Waals surface area contributed by atoms with Crippen LogP contribution < -0.4 is 0 Å². The number of hydrogen-bond acceptors (Lipinski definition) is 4. The molecule has 3 aromatic rings. The molecule has 0 unspecified atom stereocenters. The summed E-state index contributed by atoms with van der Waals surface area (Å²) >= 11 is 10.5. The molecule has 0 bridgehead atoms. The van der Waals surface area contributed by atoms with Crippen molar-refractivity contribution in [2.24, 2.45) is 4.99 Å². The minimum absolute atomic E-state index is 0.482. The molecule has 23 heavy (non-hydrogen) atoms. The van der Waals surface area contributed by atoms with Gasteiger partial charge >= 0.3 is 0 Å². The lowest BCUT2D eigenvalue weighted by Gasteiger charge is -2.13. The van der Waals surface area contributed by atoms with Gasteiger partial charge in [-0.1, -0.05) is 23.7 Å². The maximum atomic E-state index is 6.01. The molecule has 0 spiro atoms. The molecule has 114 valence electrons. The lowest BCUT2D eigenvalue weighted by molar-refractivity contribution is 0.861. The molecule has 6 heteroatoms. The predicted octanol–water partition coefficient (Wildman–Crippen LogP) is 3.87. The van der Waals surface area contributed by atoms with Crippen LogP contribution in [0.1, 0.15) is 22.8 Å². The van der Waals surface area contributed by atoms with Crippen LogP contribution in [0.5, 0.6) is 0 Å². The van der Waals surface area contributed by atoms with Crippen LogP contribution in [0.4, 0.5) is 0 Å². The van der Waals surface area contributed by atoms with Gasteiger partial charge in [0.15, 0.2) is 5.82 Å². The van der Waals surface area contributed by atoms with Gasteiger partial charge in [0.25, 0.3) is 0 Å². The number of aryl methyl sites for hydroxylation is 1. The first kappa shape index (κ1) is 14.5. The number of fused-ring (bicyclic) bond motifs is 3. The van der Waals surface area contributed by atoms with E-state index in [1.54, 1.807) is 0 Å². The summed E-state index contributed by atoms with van der Waals surface area (Å²) < 4.78 is 2.05. The number of hydrogen-bond donors (Lipinski definition) is 1. The fourth-order valence-electron chi connectivity index (χ4n) is 2.82. The van der Waals surface area contributed by atoms with E-state index in [4.69, 9.17) is 16.6 Å². The highest BCUT2D eigenvalue weighted by Crippen LogP contribution is 2.28. The first-order valence-electron chi connectivity index (χ1n) is 7.18. The van der Waals surface area contributed by atoms with E-state index in [1.807, 2.05) is 49.4 Å². The van der Waals surface area contributed by atoms with E-state index in [1.165, 1.54) is 0 Å². The molecule has 0 amide bonds. The normalized spacial score (nSPS) is 13.1. The number of aliphatic imine (C=N–C) groups is 1. The van der Waals surface area contributed by atoms with Gasteiger partial charge in [0.1, 0.15) is 12.4 Å². The number of aromatic nitrogens is 3. The Morgan fingerprint density at radius 1 is 1.09 bits per heavy atom. The monoisotopic (exact) mass is 340 g/mol. The highest BCUT2D eigenvalue weighted by molar-refractivity contribution is 7.80. The molecule has 0 saturated heterocycles. The summed E-state index contributed by atoms with van der Waals surface area (Å²) in [5, 5.41) is 9.13. The third kappa shape index (κ3) is 2.46. The summed E-state index contributed by atoms with van der Waals surface area (Å²) in [7, 11) is 0. The van der Waals surface area contributed by atoms with Crippen LogP contribution in [-0.4, -0.2) is 20.5 Å². The van der Waals surface area contributed by atoms with E-state index in [0.717, 1.165) is 39.1 Å². The van der Waals surface area contributed by atoms with E-state index >= 15 is 0 Å². The SMILES string of the molecule is Cc1nnc2n1-c1ccc(S)cc1C(c1ccc(Cl)cc1)=NC2. The molecule has 0 aliphatic carbocycles. The summed E-state index contributed by atoms with van der Waals surface area (Å²) in [5.74, 6) is 1.68. The van der Waals surface area contributed by atoms with Crippen molar-refractivity contribution in [3.8, 4) is 5.69 Å². The Hall–Kier alpha value is -2.11. The lowest BCUT2D eigenvalue weighted by atomic mass is 10.0. The Morgan fingerprint density at radius 2 is 1.87 bits per heavy atom. The number of halogens is 1. The van der Waals surface area contributed by atoms with Crippen molar-refractivity contribution in [3.63, 3.8) is 0 Å². The van der Waals surface area contributed by atoms with Gasteiger partial charge in [0.2, 0.25) is 0 Å². The minimum Gasteiger partial charge on any atom is -0.281 e. The van der Waals surface area contributed by atoms with Crippen molar-refractivity contribution in [1.82, 2.24) is 14.8 Å². The Balaban J connectivity index is 1.98. The van der Waals surface area contributed by atoms with Crippen LogP contribution in [0.3, 0.4) is 0 Å². The largest absolute Gasteiger partial charge is 0.281 e. The summed E-state index contributed by atoms with van der Waals surface area (Å²) in [4.78, 5) is 5.67. The Bertz CT molecular complexity index is 928. The van der Waals surface area contributed by atoms with Crippen LogP contribution in [-0.2, 0) is 6.54 Å². The zero-order valence-corrected chi connectivity index (χ0v) is 14.0. The van der Waals surface area contributed by atoms with Crippen molar-refractivity contribution in [1.29, 1.82) is 0 Å². The number of nitrogens with zero attached hydrogens (tertiary/aromatic N) is 4. The molecule has 0 fully saturated rings. The van der Waals surface area contributed by atoms with Crippen LogP contribution >= 0.6 is 24.2 Å². The average Bonchev–Trinajstić information content (AvgIpc) is 2.82. The number of thiol groups is 1. The van der Waals surface area contributed by atoms with Gasteiger partial charge in [0, 0.05) is 21.0 Å². The standard InChI is InChI=1S/C17H13ClN4S/c1-10-20-21-16-9-19-17(11-2-4-12(18)5-3-11)14-8-13(23)6-7-15(14)22(10)16/h2-8,23H,9H2,1H3. The maximum Gasteiger partial charge on any atom is 0.159 e. The first-order valence-corrected chi connectivity index (χ1v) is 8.01. The van der Waals surface area contributed by atoms with E-state index < -0.39 is 0 Å². The summed E-state index contributed by atoms with van der Waals surface area (Å²) in [6, 6.07) is 13.7. The van der Waals surface area contributed by atoms with Crippen LogP contribution in [0.25, 0.3) is 5.69 Å². The molecule has 4 rings (SSSR count). The molecule has 1 aliphatic heterocycles. The molecule has 0 saturated carbocycles. The van der Waals surface area contributed by atoms with Crippen molar-refractivity contribution in [3.05, 3.63) is 70.3 Å². The maximum absolute atomic E-state index is 6.01. The Kier molecular flexibility index (Phi) is 3.47. The fourth-order valence-corrected chi connectivity index (χ4v) is 3.15. The Labute approximate surface area is 144 Å². The second kappa shape index (κ2) is 5.51. The van der Waals surface area contributed by atoms with Gasteiger partial charge in [-0.3, -0.25) is 9.56 Å². The average molecular weight is 341 g/mol. The van der Waals surface area contributed by atoms with Crippen molar-refractivity contribution in [2.45, 2.75) is 18.4 Å². The molecule has 0 N–H and O–H groups in total. The van der Waals surface area contributed by atoms with Gasteiger partial charge < -0.3 is 0 Å². The highest BCUT2D eigenvalue weighted by Gasteiger charge is 2.21. The molecule has 0 radical (unpaired) electrons. The Morgan fingerprint density at radius 3 is 2.65 bits per heavy atom. The van der Waals surface area contributed by atoms with Crippen LogP contribution in [0, 0.1) is 6.92 Å². The number of rotatable bonds is 1. The fraction of sp³-hybridized carbons (Fsp3) is 0.118. The molecule has 4 nitrogen and oxygen atoms in total. The lowest BCUT2D eigenvalue weighted by Crippen LogP contribution is -2.08. The third-order valence-corrected chi connectivity index (χ3v) is 4.39. The zero-order valence-electron chi connectivity index (χ0n) is 12.4.